The molecular weight excluding hydrogens is 260 g/mol. The van der Waals surface area contributed by atoms with Gasteiger partial charge in [0.2, 0.25) is 0 Å². The molecule has 0 spiro atoms. The molecule has 19 heavy (non-hydrogen) atoms. The van der Waals surface area contributed by atoms with Gasteiger partial charge in [-0.25, -0.2) is 9.97 Å². The van der Waals surface area contributed by atoms with Gasteiger partial charge in [-0.1, -0.05) is 0 Å². The highest BCUT2D eigenvalue weighted by Gasteiger charge is 2.10. The molecule has 1 aromatic carbocycles. The van der Waals surface area contributed by atoms with Gasteiger partial charge in [-0.3, -0.25) is 10.1 Å². The molecule has 0 unspecified atom stereocenters. The van der Waals surface area contributed by atoms with Gasteiger partial charge in [0, 0.05) is 18.0 Å². The summed E-state index contributed by atoms with van der Waals surface area (Å²) in [4.78, 5) is 20.5. The monoisotopic (exact) mass is 272 g/mol. The summed E-state index contributed by atoms with van der Waals surface area (Å²) in [5.74, 6) is -0.165. The number of amides is 1. The summed E-state index contributed by atoms with van der Waals surface area (Å²) in [5.41, 5.74) is 3.30. The number of aromatic nitrogens is 3. The van der Waals surface area contributed by atoms with Crippen molar-refractivity contribution < 1.29 is 4.79 Å². The van der Waals surface area contributed by atoms with E-state index in [0.717, 1.165) is 16.7 Å². The van der Waals surface area contributed by atoms with Crippen molar-refractivity contribution in [1.82, 2.24) is 14.5 Å². The number of hydrogen-bond acceptors (Lipinski definition) is 4. The summed E-state index contributed by atoms with van der Waals surface area (Å²) < 4.78 is 1.92. The third-order valence-electron chi connectivity index (χ3n) is 2.83. The highest BCUT2D eigenvalue weighted by Crippen LogP contribution is 2.18. The minimum absolute atomic E-state index is 0.165. The summed E-state index contributed by atoms with van der Waals surface area (Å²) in [6.07, 6.45) is 1.73. The fourth-order valence-electron chi connectivity index (χ4n) is 1.86. The molecule has 96 valence electrons. The van der Waals surface area contributed by atoms with Crippen LogP contribution in [0.2, 0.25) is 0 Å². The number of benzene rings is 1. The van der Waals surface area contributed by atoms with Crippen molar-refractivity contribution in [2.45, 2.75) is 6.92 Å². The van der Waals surface area contributed by atoms with E-state index >= 15 is 0 Å². The molecule has 1 amide bonds. The minimum Gasteiger partial charge on any atom is -0.334 e. The molecular formula is C13H12N4OS. The van der Waals surface area contributed by atoms with Gasteiger partial charge >= 0.3 is 0 Å². The molecule has 0 aliphatic rings. The zero-order valence-electron chi connectivity index (χ0n) is 10.5. The second-order valence-corrected chi connectivity index (χ2v) is 5.17. The Balaban J connectivity index is 1.89. The number of aryl methyl sites for hydroxylation is 2. The van der Waals surface area contributed by atoms with E-state index in [0.29, 0.717) is 10.7 Å². The van der Waals surface area contributed by atoms with Crippen LogP contribution in [-0.4, -0.2) is 20.4 Å². The van der Waals surface area contributed by atoms with Gasteiger partial charge in [0.05, 0.1) is 23.1 Å². The first-order valence-corrected chi connectivity index (χ1v) is 6.66. The predicted octanol–water partition coefficient (Wildman–Crippen LogP) is 2.59. The summed E-state index contributed by atoms with van der Waals surface area (Å²) in [7, 11) is 1.92. The molecule has 0 saturated heterocycles. The van der Waals surface area contributed by atoms with E-state index in [9.17, 15) is 4.79 Å². The topological polar surface area (TPSA) is 59.8 Å². The van der Waals surface area contributed by atoms with Crippen molar-refractivity contribution in [3.05, 3.63) is 41.2 Å². The van der Waals surface area contributed by atoms with Crippen LogP contribution in [0.1, 0.15) is 16.1 Å². The molecule has 0 saturated carbocycles. The van der Waals surface area contributed by atoms with E-state index in [1.165, 1.54) is 11.3 Å². The summed E-state index contributed by atoms with van der Waals surface area (Å²) in [5, 5.41) is 5.30. The molecule has 0 atom stereocenters. The van der Waals surface area contributed by atoms with Crippen LogP contribution in [0.4, 0.5) is 5.13 Å². The Morgan fingerprint density at radius 1 is 1.42 bits per heavy atom. The average molecular weight is 272 g/mol. The smallest absolute Gasteiger partial charge is 0.257 e. The van der Waals surface area contributed by atoms with Crippen LogP contribution in [0.3, 0.4) is 0 Å². The van der Waals surface area contributed by atoms with Gasteiger partial charge in [-0.15, -0.1) is 11.3 Å². The lowest BCUT2D eigenvalue weighted by Crippen LogP contribution is -2.11. The van der Waals surface area contributed by atoms with Crippen molar-refractivity contribution in [1.29, 1.82) is 0 Å². The Labute approximate surface area is 113 Å². The Kier molecular flexibility index (Phi) is 2.79. The van der Waals surface area contributed by atoms with Crippen LogP contribution in [0.15, 0.2) is 29.9 Å². The molecule has 0 radical (unpaired) electrons. The van der Waals surface area contributed by atoms with Crippen molar-refractivity contribution in [2.24, 2.45) is 7.05 Å². The van der Waals surface area contributed by atoms with Crippen LogP contribution < -0.4 is 5.32 Å². The number of hydrogen-bond donors (Lipinski definition) is 1. The number of rotatable bonds is 2. The maximum atomic E-state index is 12.1. The second kappa shape index (κ2) is 4.47. The number of nitrogens with zero attached hydrogens (tertiary/aromatic N) is 3. The SMILES string of the molecule is Cc1csc(NC(=O)c2ccc3c(c2)ncn3C)n1. The lowest BCUT2D eigenvalue weighted by Gasteiger charge is -2.02. The minimum atomic E-state index is -0.165. The van der Waals surface area contributed by atoms with Crippen molar-refractivity contribution in [3.63, 3.8) is 0 Å². The molecule has 0 fully saturated rings. The lowest BCUT2D eigenvalue weighted by molar-refractivity contribution is 0.102. The molecule has 3 aromatic rings. The summed E-state index contributed by atoms with van der Waals surface area (Å²) >= 11 is 1.42. The first-order chi connectivity index (χ1) is 9.13. The van der Waals surface area contributed by atoms with Crippen molar-refractivity contribution in [3.8, 4) is 0 Å². The van der Waals surface area contributed by atoms with E-state index < -0.39 is 0 Å². The molecule has 2 aromatic heterocycles. The fourth-order valence-corrected chi connectivity index (χ4v) is 2.54. The van der Waals surface area contributed by atoms with Gasteiger partial charge in [0.1, 0.15) is 0 Å². The number of carbonyl (C=O) groups is 1. The largest absolute Gasteiger partial charge is 0.334 e. The van der Waals surface area contributed by atoms with Crippen LogP contribution >= 0.6 is 11.3 Å². The molecule has 0 aliphatic carbocycles. The average Bonchev–Trinajstić information content (AvgIpc) is 2.96. The maximum Gasteiger partial charge on any atom is 0.257 e. The number of carbonyl (C=O) groups excluding carboxylic acids is 1. The number of anilines is 1. The molecule has 0 aliphatic heterocycles. The van der Waals surface area contributed by atoms with E-state index in [-0.39, 0.29) is 5.91 Å². The molecule has 6 heteroatoms. The zero-order chi connectivity index (χ0) is 13.4. The fraction of sp³-hybridized carbons (Fsp3) is 0.154. The predicted molar refractivity (Wildman–Crippen MR) is 75.5 cm³/mol. The number of imidazole rings is 1. The Morgan fingerprint density at radius 2 is 2.26 bits per heavy atom. The Morgan fingerprint density at radius 3 is 3.00 bits per heavy atom. The normalized spacial score (nSPS) is 10.8. The quantitative estimate of drug-likeness (QED) is 0.780. The van der Waals surface area contributed by atoms with Gasteiger partial charge < -0.3 is 4.57 Å². The third kappa shape index (κ3) is 2.22. The van der Waals surface area contributed by atoms with Gasteiger partial charge in [-0.2, -0.15) is 0 Å². The summed E-state index contributed by atoms with van der Waals surface area (Å²) in [6, 6.07) is 5.47. The highest BCUT2D eigenvalue weighted by molar-refractivity contribution is 7.13. The van der Waals surface area contributed by atoms with Gasteiger partial charge in [-0.05, 0) is 25.1 Å². The number of fused-ring (bicyclic) bond motifs is 1. The van der Waals surface area contributed by atoms with Crippen LogP contribution in [0.5, 0.6) is 0 Å². The van der Waals surface area contributed by atoms with Gasteiger partial charge in [0.15, 0.2) is 5.13 Å². The third-order valence-corrected chi connectivity index (χ3v) is 3.70. The molecule has 3 rings (SSSR count). The van der Waals surface area contributed by atoms with E-state index in [4.69, 9.17) is 0 Å². The van der Waals surface area contributed by atoms with Crippen LogP contribution in [-0.2, 0) is 7.05 Å². The van der Waals surface area contributed by atoms with Gasteiger partial charge in [0.25, 0.3) is 5.91 Å². The van der Waals surface area contributed by atoms with Crippen molar-refractivity contribution >= 4 is 33.4 Å². The first kappa shape index (κ1) is 11.9. The standard InChI is InChI=1S/C13H12N4OS/c1-8-6-19-13(15-8)16-12(18)9-3-4-11-10(5-9)14-7-17(11)2/h3-7H,1-2H3,(H,15,16,18). The highest BCUT2D eigenvalue weighted by atomic mass is 32.1. The maximum absolute atomic E-state index is 12.1. The van der Waals surface area contributed by atoms with Crippen LogP contribution in [0.25, 0.3) is 11.0 Å². The lowest BCUT2D eigenvalue weighted by atomic mass is 10.2. The Hall–Kier alpha value is -2.21. The molecule has 1 N–H and O–H groups in total. The summed E-state index contributed by atoms with van der Waals surface area (Å²) in [6.45, 7) is 1.89. The Bertz CT molecular complexity index is 759. The molecule has 0 bridgehead atoms. The van der Waals surface area contributed by atoms with E-state index in [1.54, 1.807) is 18.5 Å². The van der Waals surface area contributed by atoms with E-state index in [2.05, 4.69) is 15.3 Å². The van der Waals surface area contributed by atoms with Crippen LogP contribution in [0, 0.1) is 6.92 Å². The molecule has 5 nitrogen and oxygen atoms in total. The number of nitrogens with one attached hydrogen (secondary N) is 1. The van der Waals surface area contributed by atoms with E-state index in [1.807, 2.05) is 30.0 Å². The first-order valence-electron chi connectivity index (χ1n) is 5.78. The van der Waals surface area contributed by atoms with Crippen molar-refractivity contribution in [2.75, 3.05) is 5.32 Å². The zero-order valence-corrected chi connectivity index (χ0v) is 11.4. The second-order valence-electron chi connectivity index (χ2n) is 4.31. The molecule has 2 heterocycles. The number of thiazole rings is 1.